The Morgan fingerprint density at radius 1 is 1.21 bits per heavy atom. The number of hydrogen-bond acceptors (Lipinski definition) is 5. The summed E-state index contributed by atoms with van der Waals surface area (Å²) in [6, 6.07) is 7.89. The van der Waals surface area contributed by atoms with Crippen LogP contribution in [0, 0.1) is 11.6 Å². The number of hydrogen-bond donors (Lipinski definition) is 1. The van der Waals surface area contributed by atoms with Gasteiger partial charge in [0.25, 0.3) is 0 Å². The van der Waals surface area contributed by atoms with Crippen LogP contribution in [-0.2, 0) is 4.79 Å². The van der Waals surface area contributed by atoms with Gasteiger partial charge in [0.1, 0.15) is 17.3 Å². The highest BCUT2D eigenvalue weighted by molar-refractivity contribution is 7.99. The Labute approximate surface area is 138 Å². The number of carbonyl (C=O) groups excluding carboxylic acids is 1. The van der Waals surface area contributed by atoms with Crippen LogP contribution in [0.5, 0.6) is 0 Å². The van der Waals surface area contributed by atoms with Crippen molar-refractivity contribution in [3.05, 3.63) is 64.7 Å². The lowest BCUT2D eigenvalue weighted by Crippen LogP contribution is -2.20. The van der Waals surface area contributed by atoms with Gasteiger partial charge in [-0.3, -0.25) is 9.20 Å². The molecule has 2 aromatic heterocycles. The second-order valence-electron chi connectivity index (χ2n) is 4.68. The molecule has 0 fully saturated rings. The number of aromatic nitrogens is 3. The summed E-state index contributed by atoms with van der Waals surface area (Å²) in [5.41, 5.74) is -0.223. The van der Waals surface area contributed by atoms with Crippen molar-refractivity contribution in [3.8, 4) is 0 Å². The van der Waals surface area contributed by atoms with Crippen LogP contribution in [0.2, 0.25) is 0 Å². The van der Waals surface area contributed by atoms with Gasteiger partial charge in [-0.15, -0.1) is 0 Å². The predicted molar refractivity (Wildman–Crippen MR) is 85.0 cm³/mol. The molecule has 0 saturated heterocycles. The van der Waals surface area contributed by atoms with Crippen LogP contribution in [0.1, 0.15) is 0 Å². The Bertz CT molecular complexity index is 977. The zero-order chi connectivity index (χ0) is 17.1. The molecule has 1 aromatic carbocycles. The Hall–Kier alpha value is -2.81. The number of rotatable bonds is 4. The predicted octanol–water partition coefficient (Wildman–Crippen LogP) is 2.10. The van der Waals surface area contributed by atoms with Crippen molar-refractivity contribution < 1.29 is 13.6 Å². The third kappa shape index (κ3) is 3.57. The Balaban J connectivity index is 1.69. The maximum atomic E-state index is 13.5. The fourth-order valence-corrected chi connectivity index (χ4v) is 2.55. The van der Waals surface area contributed by atoms with E-state index in [4.69, 9.17) is 0 Å². The molecule has 0 bridgehead atoms. The topological polar surface area (TPSA) is 76.4 Å². The van der Waals surface area contributed by atoms with E-state index in [0.29, 0.717) is 11.7 Å². The van der Waals surface area contributed by atoms with Crippen molar-refractivity contribution in [1.82, 2.24) is 14.4 Å². The largest absolute Gasteiger partial charge is 0.355 e. The number of anilines is 1. The van der Waals surface area contributed by atoms with E-state index in [1.165, 1.54) is 10.6 Å². The summed E-state index contributed by atoms with van der Waals surface area (Å²) in [5.74, 6) is -2.25. The summed E-state index contributed by atoms with van der Waals surface area (Å²) in [4.78, 5) is 31.6. The van der Waals surface area contributed by atoms with Gasteiger partial charge in [-0.05, 0) is 24.3 Å². The molecular formula is C15H10F2N4O2S. The lowest BCUT2D eigenvalue weighted by Gasteiger charge is -2.06. The molecule has 0 aliphatic rings. The van der Waals surface area contributed by atoms with E-state index in [2.05, 4.69) is 15.3 Å². The molecule has 0 atom stereocenters. The van der Waals surface area contributed by atoms with Crippen LogP contribution in [0.4, 0.5) is 14.5 Å². The van der Waals surface area contributed by atoms with Gasteiger partial charge in [-0.1, -0.05) is 17.8 Å². The Morgan fingerprint density at radius 2 is 2.04 bits per heavy atom. The van der Waals surface area contributed by atoms with Crippen molar-refractivity contribution in [2.24, 2.45) is 0 Å². The van der Waals surface area contributed by atoms with E-state index in [0.717, 1.165) is 23.9 Å². The number of benzene rings is 1. The van der Waals surface area contributed by atoms with Crippen molar-refractivity contribution in [2.75, 3.05) is 11.1 Å². The van der Waals surface area contributed by atoms with E-state index in [-0.39, 0.29) is 16.6 Å². The minimum absolute atomic E-state index is 0.124. The second kappa shape index (κ2) is 6.75. The molecule has 1 amide bonds. The summed E-state index contributed by atoms with van der Waals surface area (Å²) in [6.45, 7) is 0. The monoisotopic (exact) mass is 348 g/mol. The first kappa shape index (κ1) is 16.1. The van der Waals surface area contributed by atoms with Gasteiger partial charge in [0.2, 0.25) is 5.91 Å². The average molecular weight is 348 g/mol. The quantitative estimate of drug-likeness (QED) is 0.731. The lowest BCUT2D eigenvalue weighted by molar-refractivity contribution is -0.113. The number of nitrogens with one attached hydrogen (secondary N) is 1. The summed E-state index contributed by atoms with van der Waals surface area (Å²) in [6.07, 6.45) is 1.54. The first-order valence-corrected chi connectivity index (χ1v) is 7.74. The molecule has 3 aromatic rings. The maximum Gasteiger partial charge on any atom is 0.355 e. The van der Waals surface area contributed by atoms with E-state index in [1.54, 1.807) is 18.2 Å². The third-order valence-electron chi connectivity index (χ3n) is 2.98. The molecule has 2 heterocycles. The van der Waals surface area contributed by atoms with Crippen molar-refractivity contribution in [1.29, 1.82) is 0 Å². The average Bonchev–Trinajstić information content (AvgIpc) is 2.56. The molecule has 0 spiro atoms. The first-order chi connectivity index (χ1) is 11.5. The van der Waals surface area contributed by atoms with Crippen LogP contribution in [-0.4, -0.2) is 26.0 Å². The number of thioether (sulfide) groups is 1. The highest BCUT2D eigenvalue weighted by Gasteiger charge is 2.10. The van der Waals surface area contributed by atoms with E-state index in [9.17, 15) is 18.4 Å². The molecule has 0 aliphatic carbocycles. The van der Waals surface area contributed by atoms with Crippen LogP contribution in [0.3, 0.4) is 0 Å². The third-order valence-corrected chi connectivity index (χ3v) is 3.83. The smallest absolute Gasteiger partial charge is 0.323 e. The van der Waals surface area contributed by atoms with Gasteiger partial charge in [0.05, 0.1) is 11.4 Å². The summed E-state index contributed by atoms with van der Waals surface area (Å²) in [7, 11) is 0. The Kier molecular flexibility index (Phi) is 4.52. The molecule has 3 rings (SSSR count). The summed E-state index contributed by atoms with van der Waals surface area (Å²) < 4.78 is 27.6. The Morgan fingerprint density at radius 3 is 2.83 bits per heavy atom. The van der Waals surface area contributed by atoms with Gasteiger partial charge < -0.3 is 5.32 Å². The minimum Gasteiger partial charge on any atom is -0.323 e. The highest BCUT2D eigenvalue weighted by atomic mass is 32.2. The van der Waals surface area contributed by atoms with E-state index in [1.807, 2.05) is 0 Å². The number of carbonyl (C=O) groups is 1. The molecule has 0 radical (unpaired) electrons. The zero-order valence-corrected chi connectivity index (χ0v) is 12.9. The molecule has 0 saturated carbocycles. The number of fused-ring (bicyclic) bond motifs is 1. The lowest BCUT2D eigenvalue weighted by atomic mass is 10.3. The van der Waals surface area contributed by atoms with Gasteiger partial charge in [-0.25, -0.2) is 18.6 Å². The number of halogens is 2. The van der Waals surface area contributed by atoms with E-state index < -0.39 is 23.2 Å². The van der Waals surface area contributed by atoms with Gasteiger partial charge in [0.15, 0.2) is 5.16 Å². The number of pyridine rings is 1. The molecule has 24 heavy (non-hydrogen) atoms. The number of amides is 1. The zero-order valence-electron chi connectivity index (χ0n) is 12.1. The maximum absolute atomic E-state index is 13.5. The highest BCUT2D eigenvalue weighted by Crippen LogP contribution is 2.17. The van der Waals surface area contributed by atoms with Crippen LogP contribution in [0.25, 0.3) is 5.65 Å². The molecule has 122 valence electrons. The van der Waals surface area contributed by atoms with Crippen molar-refractivity contribution in [2.45, 2.75) is 5.16 Å². The molecule has 1 N–H and O–H groups in total. The van der Waals surface area contributed by atoms with Crippen molar-refractivity contribution in [3.63, 3.8) is 0 Å². The van der Waals surface area contributed by atoms with Crippen LogP contribution in [0.15, 0.2) is 52.5 Å². The molecule has 6 nitrogen and oxygen atoms in total. The first-order valence-electron chi connectivity index (χ1n) is 6.76. The fraction of sp³-hybridized carbons (Fsp3) is 0.0667. The molecule has 0 aliphatic heterocycles. The van der Waals surface area contributed by atoms with E-state index >= 15 is 0 Å². The molecular weight excluding hydrogens is 338 g/mol. The minimum atomic E-state index is -0.867. The van der Waals surface area contributed by atoms with Crippen molar-refractivity contribution >= 4 is 29.0 Å². The summed E-state index contributed by atoms with van der Waals surface area (Å²) in [5, 5.41) is 2.46. The number of nitrogens with zero attached hydrogens (tertiary/aromatic N) is 3. The van der Waals surface area contributed by atoms with Crippen LogP contribution < -0.4 is 11.0 Å². The molecule has 0 unspecified atom stereocenters. The SMILES string of the molecule is O=C(CSc1nc(=O)n2ccccc2n1)Nc1ccc(F)cc1F. The second-order valence-corrected chi connectivity index (χ2v) is 5.62. The van der Waals surface area contributed by atoms with Gasteiger partial charge in [0, 0.05) is 12.3 Å². The standard InChI is InChI=1S/C15H10F2N4O2S/c16-9-4-5-11(10(17)7-9)18-13(22)8-24-14-19-12-3-1-2-6-21(12)15(23)20-14/h1-7H,8H2,(H,18,22). The normalized spacial score (nSPS) is 10.8. The fourth-order valence-electron chi connectivity index (χ4n) is 1.92. The van der Waals surface area contributed by atoms with Crippen LogP contribution >= 0.6 is 11.8 Å². The summed E-state index contributed by atoms with van der Waals surface area (Å²) >= 11 is 0.942. The molecule has 9 heteroatoms. The van der Waals surface area contributed by atoms with Gasteiger partial charge in [-0.2, -0.15) is 4.98 Å². The van der Waals surface area contributed by atoms with Gasteiger partial charge >= 0.3 is 5.69 Å².